The van der Waals surface area contributed by atoms with Gasteiger partial charge in [-0.2, -0.15) is 0 Å². The van der Waals surface area contributed by atoms with Crippen LogP contribution in [0.4, 0.5) is 0 Å². The lowest BCUT2D eigenvalue weighted by atomic mass is 10.0. The zero-order valence-corrected chi connectivity index (χ0v) is 9.13. The molecule has 0 unspecified atom stereocenters. The fourth-order valence-corrected chi connectivity index (χ4v) is 1.97. The third-order valence-corrected chi connectivity index (χ3v) is 2.67. The normalized spacial score (nSPS) is 13.7. The van der Waals surface area contributed by atoms with Crippen molar-refractivity contribution in [1.29, 1.82) is 0 Å². The summed E-state index contributed by atoms with van der Waals surface area (Å²) in [6.07, 6.45) is 1.51. The number of hydrogen-bond donors (Lipinski definition) is 0. The number of carbonyl (C=O) groups is 1. The zero-order chi connectivity index (χ0) is 10.8. The minimum absolute atomic E-state index is 0.434. The summed E-state index contributed by atoms with van der Waals surface area (Å²) in [7, 11) is 0. The molecule has 0 radical (unpaired) electrons. The molecule has 1 aromatic carbocycles. The number of fused-ring (bicyclic) bond motifs is 1. The lowest BCUT2D eigenvalue weighted by molar-refractivity contribution is 0.112. The van der Waals surface area contributed by atoms with Gasteiger partial charge in [-0.3, -0.25) is 4.79 Å². The van der Waals surface area contributed by atoms with Crippen LogP contribution in [0.15, 0.2) is 6.07 Å². The molecule has 0 fully saturated rings. The number of aldehydes is 1. The Morgan fingerprint density at radius 1 is 1.40 bits per heavy atom. The molecule has 0 aromatic heterocycles. The van der Waals surface area contributed by atoms with Crippen LogP contribution in [-0.4, -0.2) is 19.5 Å². The van der Waals surface area contributed by atoms with Crippen LogP contribution in [0.2, 0.25) is 5.02 Å². The Bertz CT molecular complexity index is 401. The van der Waals surface area contributed by atoms with Crippen molar-refractivity contribution in [2.24, 2.45) is 0 Å². The summed E-state index contributed by atoms with van der Waals surface area (Å²) in [5, 5.41) is 0.434. The number of carbonyl (C=O) groups excluding carboxylic acids is 1. The van der Waals surface area contributed by atoms with Crippen molar-refractivity contribution in [2.45, 2.75) is 13.3 Å². The number of benzene rings is 1. The van der Waals surface area contributed by atoms with E-state index in [0.717, 1.165) is 18.3 Å². The SMILES string of the molecule is CCc1c(C=O)cc(Cl)c2c1OCCO2. The van der Waals surface area contributed by atoms with Crippen molar-refractivity contribution in [2.75, 3.05) is 13.2 Å². The Morgan fingerprint density at radius 3 is 2.67 bits per heavy atom. The second-order valence-electron chi connectivity index (χ2n) is 3.25. The maximum atomic E-state index is 10.9. The molecule has 1 aromatic rings. The van der Waals surface area contributed by atoms with Gasteiger partial charge >= 0.3 is 0 Å². The Morgan fingerprint density at radius 2 is 2.07 bits per heavy atom. The minimum atomic E-state index is 0.434. The van der Waals surface area contributed by atoms with Crippen LogP contribution < -0.4 is 9.47 Å². The van der Waals surface area contributed by atoms with Crippen LogP contribution in [0, 0.1) is 0 Å². The van der Waals surface area contributed by atoms with Crippen LogP contribution in [0.5, 0.6) is 11.5 Å². The van der Waals surface area contributed by atoms with Crippen molar-refractivity contribution < 1.29 is 14.3 Å². The van der Waals surface area contributed by atoms with Crippen molar-refractivity contribution in [3.8, 4) is 11.5 Å². The molecule has 0 N–H and O–H groups in total. The van der Waals surface area contributed by atoms with E-state index in [4.69, 9.17) is 21.1 Å². The van der Waals surface area contributed by atoms with Crippen molar-refractivity contribution in [3.05, 3.63) is 22.2 Å². The molecule has 15 heavy (non-hydrogen) atoms. The first kappa shape index (κ1) is 10.3. The van der Waals surface area contributed by atoms with Crippen LogP contribution >= 0.6 is 11.6 Å². The molecule has 80 valence electrons. The second-order valence-corrected chi connectivity index (χ2v) is 3.66. The largest absolute Gasteiger partial charge is 0.486 e. The summed E-state index contributed by atoms with van der Waals surface area (Å²) in [4.78, 5) is 10.9. The minimum Gasteiger partial charge on any atom is -0.486 e. The first-order valence-corrected chi connectivity index (χ1v) is 5.21. The molecule has 4 heteroatoms. The first-order valence-electron chi connectivity index (χ1n) is 4.84. The highest BCUT2D eigenvalue weighted by Gasteiger charge is 2.21. The van der Waals surface area contributed by atoms with E-state index < -0.39 is 0 Å². The molecule has 2 rings (SSSR count). The van der Waals surface area contributed by atoms with E-state index in [-0.39, 0.29) is 0 Å². The summed E-state index contributed by atoms with van der Waals surface area (Å²) >= 11 is 5.99. The highest BCUT2D eigenvalue weighted by atomic mass is 35.5. The van der Waals surface area contributed by atoms with E-state index in [1.807, 2.05) is 6.92 Å². The first-order chi connectivity index (χ1) is 7.27. The maximum Gasteiger partial charge on any atom is 0.180 e. The fraction of sp³-hybridized carbons (Fsp3) is 0.364. The molecule has 0 amide bonds. The lowest BCUT2D eigenvalue weighted by Crippen LogP contribution is -2.17. The molecular weight excluding hydrogens is 216 g/mol. The number of halogens is 1. The van der Waals surface area contributed by atoms with E-state index in [0.29, 0.717) is 35.3 Å². The molecule has 0 saturated carbocycles. The summed E-state index contributed by atoms with van der Waals surface area (Å²) in [5.41, 5.74) is 1.44. The molecule has 0 bridgehead atoms. The molecule has 0 aliphatic carbocycles. The van der Waals surface area contributed by atoms with Gasteiger partial charge in [-0.25, -0.2) is 0 Å². The van der Waals surface area contributed by atoms with Crippen LogP contribution in [-0.2, 0) is 6.42 Å². The Kier molecular flexibility index (Phi) is 2.82. The van der Waals surface area contributed by atoms with Gasteiger partial charge in [-0.1, -0.05) is 18.5 Å². The predicted octanol–water partition coefficient (Wildman–Crippen LogP) is 2.49. The van der Waals surface area contributed by atoms with Gasteiger partial charge in [0.2, 0.25) is 0 Å². The smallest absolute Gasteiger partial charge is 0.180 e. The van der Waals surface area contributed by atoms with Gasteiger partial charge in [0.25, 0.3) is 0 Å². The zero-order valence-electron chi connectivity index (χ0n) is 8.38. The van der Waals surface area contributed by atoms with E-state index >= 15 is 0 Å². The Balaban J connectivity index is 2.64. The van der Waals surface area contributed by atoms with Gasteiger partial charge in [0.15, 0.2) is 17.8 Å². The van der Waals surface area contributed by atoms with Gasteiger partial charge in [-0.05, 0) is 12.5 Å². The number of hydrogen-bond acceptors (Lipinski definition) is 3. The highest BCUT2D eigenvalue weighted by Crippen LogP contribution is 2.41. The highest BCUT2D eigenvalue weighted by molar-refractivity contribution is 6.32. The second kappa shape index (κ2) is 4.11. The molecule has 1 aliphatic rings. The van der Waals surface area contributed by atoms with Crippen molar-refractivity contribution in [1.82, 2.24) is 0 Å². The molecule has 1 heterocycles. The Labute approximate surface area is 92.9 Å². The van der Waals surface area contributed by atoms with E-state index in [9.17, 15) is 4.79 Å². The van der Waals surface area contributed by atoms with Crippen molar-refractivity contribution >= 4 is 17.9 Å². The van der Waals surface area contributed by atoms with Crippen molar-refractivity contribution in [3.63, 3.8) is 0 Å². The average molecular weight is 227 g/mol. The number of rotatable bonds is 2. The monoisotopic (exact) mass is 226 g/mol. The molecule has 3 nitrogen and oxygen atoms in total. The maximum absolute atomic E-state index is 10.9. The van der Waals surface area contributed by atoms with Gasteiger partial charge in [-0.15, -0.1) is 0 Å². The molecule has 1 aliphatic heterocycles. The topological polar surface area (TPSA) is 35.5 Å². The third-order valence-electron chi connectivity index (χ3n) is 2.38. The van der Waals surface area contributed by atoms with E-state index in [1.165, 1.54) is 0 Å². The third kappa shape index (κ3) is 1.67. The van der Waals surface area contributed by atoms with E-state index in [2.05, 4.69) is 0 Å². The summed E-state index contributed by atoms with van der Waals surface area (Å²) in [6, 6.07) is 1.63. The average Bonchev–Trinajstić information content (AvgIpc) is 2.29. The van der Waals surface area contributed by atoms with Crippen LogP contribution in [0.1, 0.15) is 22.8 Å². The van der Waals surface area contributed by atoms with Gasteiger partial charge in [0.05, 0.1) is 5.02 Å². The standard InChI is InChI=1S/C11H11ClO3/c1-2-8-7(6-13)5-9(12)11-10(8)14-3-4-15-11/h5-6H,2-4H2,1H3. The van der Waals surface area contributed by atoms with Gasteiger partial charge < -0.3 is 9.47 Å². The number of ether oxygens (including phenoxy) is 2. The molecule has 0 saturated heterocycles. The van der Waals surface area contributed by atoms with E-state index in [1.54, 1.807) is 6.07 Å². The molecule has 0 spiro atoms. The summed E-state index contributed by atoms with van der Waals surface area (Å²) in [5.74, 6) is 1.18. The Hall–Kier alpha value is -1.22. The predicted molar refractivity (Wildman–Crippen MR) is 57.2 cm³/mol. The molecular formula is C11H11ClO3. The van der Waals surface area contributed by atoms with Crippen LogP contribution in [0.3, 0.4) is 0 Å². The quantitative estimate of drug-likeness (QED) is 0.727. The van der Waals surface area contributed by atoms with Gasteiger partial charge in [0, 0.05) is 11.1 Å². The lowest BCUT2D eigenvalue weighted by Gasteiger charge is -2.22. The van der Waals surface area contributed by atoms with Gasteiger partial charge in [0.1, 0.15) is 13.2 Å². The summed E-state index contributed by atoms with van der Waals surface area (Å²) in [6.45, 7) is 2.96. The summed E-state index contributed by atoms with van der Waals surface area (Å²) < 4.78 is 10.9. The fourth-order valence-electron chi connectivity index (χ4n) is 1.71. The molecule has 0 atom stereocenters. The van der Waals surface area contributed by atoms with Crippen LogP contribution in [0.25, 0.3) is 0 Å².